The largest absolute Gasteiger partial charge is 0.513 e. The Hall–Kier alpha value is -0.822. The summed E-state index contributed by atoms with van der Waals surface area (Å²) in [6, 6.07) is 0. The highest BCUT2D eigenvalue weighted by Crippen LogP contribution is 2.32. The van der Waals surface area contributed by atoms with E-state index in [0.29, 0.717) is 6.42 Å². The van der Waals surface area contributed by atoms with Crippen LogP contribution in [0.3, 0.4) is 0 Å². The van der Waals surface area contributed by atoms with E-state index in [1.807, 2.05) is 63.3 Å². The third kappa shape index (κ3) is 8.38. The monoisotopic (exact) mass is 444 g/mol. The Morgan fingerprint density at radius 1 is 0.815 bits per heavy atom. The van der Waals surface area contributed by atoms with Gasteiger partial charge in [0.15, 0.2) is 5.73 Å². The highest BCUT2D eigenvalue weighted by atomic mass is 28.5. The van der Waals surface area contributed by atoms with Gasteiger partial charge in [-0.2, -0.15) is 0 Å². The van der Waals surface area contributed by atoms with Gasteiger partial charge in [0.1, 0.15) is 0 Å². The fourth-order valence-corrected chi connectivity index (χ4v) is 15.8. The number of ether oxygens (including phenoxy) is 1. The minimum Gasteiger partial charge on any atom is -0.455 e. The van der Waals surface area contributed by atoms with Crippen LogP contribution in [0, 0.1) is 0 Å². The van der Waals surface area contributed by atoms with E-state index >= 15 is 0 Å². The molecule has 154 valence electrons. The van der Waals surface area contributed by atoms with Crippen LogP contribution >= 0.6 is 0 Å². The van der Waals surface area contributed by atoms with Gasteiger partial charge in [-0.05, 0) is 45.7 Å². The molecule has 0 saturated carbocycles. The SMILES string of the molecule is C=CC(=O)OC(CC)[Si](O[Si](C)(C)C=C)(O[Si](C)(C)C=C)O[Si](C)(C)C=C. The van der Waals surface area contributed by atoms with Gasteiger partial charge in [-0.25, -0.2) is 4.79 Å². The van der Waals surface area contributed by atoms with Crippen molar-refractivity contribution in [3.05, 3.63) is 49.5 Å². The van der Waals surface area contributed by atoms with Crippen molar-refractivity contribution in [3.63, 3.8) is 0 Å². The topological polar surface area (TPSA) is 54.0 Å². The van der Waals surface area contributed by atoms with E-state index in [-0.39, 0.29) is 0 Å². The second-order valence-corrected chi connectivity index (χ2v) is 23.0. The Balaban J connectivity index is 6.52. The van der Waals surface area contributed by atoms with Crippen LogP contribution in [0.5, 0.6) is 0 Å². The lowest BCUT2D eigenvalue weighted by Gasteiger charge is -2.45. The average molecular weight is 445 g/mol. The molecule has 0 aromatic carbocycles. The molecule has 0 aliphatic rings. The van der Waals surface area contributed by atoms with E-state index in [0.717, 1.165) is 6.08 Å². The van der Waals surface area contributed by atoms with E-state index < -0.39 is 45.5 Å². The van der Waals surface area contributed by atoms with Gasteiger partial charge in [-0.1, -0.05) is 30.6 Å². The molecule has 0 rings (SSSR count). The van der Waals surface area contributed by atoms with Gasteiger partial charge in [0, 0.05) is 6.08 Å². The standard InChI is InChI=1S/C18H36O5Si4/c1-12-17(19)20-18(13-2)27(21-24(6,7)14-3,22-25(8,9)15-4)23-26(10,11)16-5/h12,14-16,18H,1,3-5,13H2,2,6-11H3. The van der Waals surface area contributed by atoms with Crippen molar-refractivity contribution in [2.24, 2.45) is 0 Å². The van der Waals surface area contributed by atoms with E-state index in [1.54, 1.807) is 0 Å². The zero-order valence-electron chi connectivity index (χ0n) is 18.0. The van der Waals surface area contributed by atoms with Gasteiger partial charge in [0.2, 0.25) is 25.0 Å². The molecule has 0 saturated heterocycles. The first-order chi connectivity index (χ1) is 12.2. The molecule has 0 aliphatic heterocycles. The van der Waals surface area contributed by atoms with Crippen LogP contribution in [0.25, 0.3) is 0 Å². The summed E-state index contributed by atoms with van der Waals surface area (Å²) in [6.45, 7) is 29.3. The van der Waals surface area contributed by atoms with E-state index in [1.165, 1.54) is 0 Å². The number of esters is 1. The maximum Gasteiger partial charge on any atom is 0.513 e. The minimum absolute atomic E-state index is 0.497. The van der Waals surface area contributed by atoms with Crippen LogP contribution < -0.4 is 0 Å². The molecule has 0 N–H and O–H groups in total. The molecule has 0 aromatic rings. The normalized spacial score (nSPS) is 14.2. The molecule has 1 atom stereocenters. The van der Waals surface area contributed by atoms with Crippen molar-refractivity contribution in [2.75, 3.05) is 0 Å². The van der Waals surface area contributed by atoms with Gasteiger partial charge in [0.25, 0.3) is 0 Å². The third-order valence-corrected chi connectivity index (χ3v) is 17.9. The molecule has 0 spiro atoms. The second kappa shape index (κ2) is 10.1. The van der Waals surface area contributed by atoms with Crippen LogP contribution in [0.15, 0.2) is 49.5 Å². The lowest BCUT2D eigenvalue weighted by Crippen LogP contribution is -2.68. The van der Waals surface area contributed by atoms with E-state index in [9.17, 15) is 4.79 Å². The number of carbonyl (C=O) groups is 1. The molecule has 0 heterocycles. The van der Waals surface area contributed by atoms with Crippen LogP contribution in [0.2, 0.25) is 39.3 Å². The van der Waals surface area contributed by atoms with Gasteiger partial charge < -0.3 is 17.1 Å². The van der Waals surface area contributed by atoms with Crippen LogP contribution in [-0.2, 0) is 21.9 Å². The number of rotatable bonds is 13. The van der Waals surface area contributed by atoms with Crippen molar-refractivity contribution in [1.82, 2.24) is 0 Å². The van der Waals surface area contributed by atoms with Gasteiger partial charge in [-0.3, -0.25) is 0 Å². The third-order valence-electron chi connectivity index (χ3n) is 3.88. The number of carbonyl (C=O) groups excluding carboxylic acids is 1. The van der Waals surface area contributed by atoms with Gasteiger partial charge in [0.05, 0.1) is 0 Å². The molecule has 9 heteroatoms. The van der Waals surface area contributed by atoms with E-state index in [4.69, 9.17) is 17.1 Å². The van der Waals surface area contributed by atoms with Crippen molar-refractivity contribution < 1.29 is 21.9 Å². The molecule has 0 aliphatic carbocycles. The van der Waals surface area contributed by atoms with Crippen LogP contribution in [-0.4, -0.2) is 45.5 Å². The average Bonchev–Trinajstić information content (AvgIpc) is 2.57. The summed E-state index contributed by atoms with van der Waals surface area (Å²) in [6.07, 6.45) is 1.64. The molecule has 0 bridgehead atoms. The van der Waals surface area contributed by atoms with Crippen molar-refractivity contribution in [2.45, 2.75) is 58.4 Å². The predicted octanol–water partition coefficient (Wildman–Crippen LogP) is 4.81. The highest BCUT2D eigenvalue weighted by molar-refractivity contribution is 6.94. The molecule has 27 heavy (non-hydrogen) atoms. The molecule has 0 fully saturated rings. The molecule has 0 aromatic heterocycles. The molecular weight excluding hydrogens is 409 g/mol. The summed E-state index contributed by atoms with van der Waals surface area (Å²) in [7, 11) is -10.5. The summed E-state index contributed by atoms with van der Waals surface area (Å²) in [5.41, 5.74) is 4.84. The Labute approximate surface area is 169 Å². The van der Waals surface area contributed by atoms with Crippen LogP contribution in [0.4, 0.5) is 0 Å². The molecule has 5 nitrogen and oxygen atoms in total. The van der Waals surface area contributed by atoms with Crippen molar-refractivity contribution in [3.8, 4) is 0 Å². The minimum atomic E-state index is -3.49. The lowest BCUT2D eigenvalue weighted by atomic mass is 10.5. The molecular formula is C18H36O5Si4. The Morgan fingerprint density at radius 2 is 1.15 bits per heavy atom. The van der Waals surface area contributed by atoms with Crippen molar-refractivity contribution in [1.29, 1.82) is 0 Å². The highest BCUT2D eigenvalue weighted by Gasteiger charge is 2.58. The fourth-order valence-electron chi connectivity index (χ4n) is 2.08. The van der Waals surface area contributed by atoms with Crippen molar-refractivity contribution >= 4 is 39.7 Å². The summed E-state index contributed by atoms with van der Waals surface area (Å²) < 4.78 is 25.6. The maximum absolute atomic E-state index is 12.0. The lowest BCUT2D eigenvalue weighted by molar-refractivity contribution is -0.141. The Bertz CT molecular complexity index is 517. The molecule has 1 unspecified atom stereocenters. The van der Waals surface area contributed by atoms with Gasteiger partial charge in [-0.15, -0.1) is 19.7 Å². The Kier molecular flexibility index (Phi) is 9.79. The maximum atomic E-state index is 12.0. The zero-order valence-corrected chi connectivity index (χ0v) is 22.0. The smallest absolute Gasteiger partial charge is 0.455 e. The number of hydrogen-bond donors (Lipinski definition) is 0. The zero-order chi connectivity index (χ0) is 21.5. The van der Waals surface area contributed by atoms with E-state index in [2.05, 4.69) is 26.3 Å². The first-order valence-electron chi connectivity index (χ1n) is 9.06. The molecule has 0 radical (unpaired) electrons. The number of hydrogen-bond acceptors (Lipinski definition) is 5. The van der Waals surface area contributed by atoms with Crippen LogP contribution in [0.1, 0.15) is 13.3 Å². The predicted molar refractivity (Wildman–Crippen MR) is 122 cm³/mol. The molecule has 0 amide bonds. The fraction of sp³-hybridized carbons (Fsp3) is 0.500. The second-order valence-electron chi connectivity index (χ2n) is 7.87. The Morgan fingerprint density at radius 3 is 1.37 bits per heavy atom. The first-order valence-corrected chi connectivity index (χ1v) is 19.8. The first kappa shape index (κ1) is 26.2. The summed E-state index contributed by atoms with van der Waals surface area (Å²) in [5.74, 6) is -0.524. The summed E-state index contributed by atoms with van der Waals surface area (Å²) >= 11 is 0. The quantitative estimate of drug-likeness (QED) is 0.232. The summed E-state index contributed by atoms with van der Waals surface area (Å²) in [5, 5.41) is 0. The van der Waals surface area contributed by atoms with Gasteiger partial charge >= 0.3 is 14.8 Å². The summed E-state index contributed by atoms with van der Waals surface area (Å²) in [4.78, 5) is 12.0.